The molecule has 0 amide bonds. The molecule has 0 atom stereocenters. The van der Waals surface area contributed by atoms with E-state index in [1.807, 2.05) is 84.9 Å². The molecule has 1 aliphatic carbocycles. The van der Waals surface area contributed by atoms with Gasteiger partial charge in [0.15, 0.2) is 11.6 Å². The predicted molar refractivity (Wildman–Crippen MR) is 228 cm³/mol. The molecular weight excluding hydrogens is 697 g/mol. The SMILES string of the molecule is [2H]c1c([2H])c([2H])c2c(c1[2H])-c1c([2H])c([2H])c3c(c1C2(C([2H])([2H])[2H])C([2H])([2H])[2H])c1c([2H])c([2H])c([2H])c([2H])c1n3-c1nc(-c2ccc3sc4ccccc4c3c2)nc(-c2cccc3c2sc2ccccc23)n1. The van der Waals surface area contributed by atoms with Crippen LogP contribution in [0.1, 0.15) is 46.8 Å². The van der Waals surface area contributed by atoms with Crippen molar-refractivity contribution in [2.24, 2.45) is 0 Å². The van der Waals surface area contributed by atoms with E-state index in [0.717, 1.165) is 44.9 Å². The third-order valence-electron chi connectivity index (χ3n) is 10.2. The Balaban J connectivity index is 1.30. The van der Waals surface area contributed by atoms with Crippen molar-refractivity contribution in [1.82, 2.24) is 19.5 Å². The lowest BCUT2D eigenvalue weighted by Gasteiger charge is -2.22. The number of nitrogens with zero attached hydrogens (tertiary/aromatic N) is 4. The monoisotopic (exact) mass is 742 g/mol. The van der Waals surface area contributed by atoms with Crippen molar-refractivity contribution in [2.75, 3.05) is 0 Å². The summed E-state index contributed by atoms with van der Waals surface area (Å²) in [5.74, 6) is -0.114. The topological polar surface area (TPSA) is 43.6 Å². The van der Waals surface area contributed by atoms with Crippen LogP contribution in [-0.2, 0) is 5.41 Å². The first-order chi connectivity index (χ1) is 33.2. The van der Waals surface area contributed by atoms with Gasteiger partial charge in [-0.25, -0.2) is 4.98 Å². The minimum atomic E-state index is -3.68. The zero-order valence-electron chi connectivity index (χ0n) is 43.7. The van der Waals surface area contributed by atoms with Crippen LogP contribution >= 0.6 is 22.7 Å². The summed E-state index contributed by atoms with van der Waals surface area (Å²) in [4.78, 5) is 15.1. The molecular formula is C48H30N4S2. The Bertz CT molecular complexity index is 4180. The Labute approximate surface area is 341 Å². The molecule has 12 rings (SSSR count). The van der Waals surface area contributed by atoms with Gasteiger partial charge in [0.05, 0.1) is 24.7 Å². The summed E-state index contributed by atoms with van der Waals surface area (Å²) in [5, 5.41) is 2.85. The summed E-state index contributed by atoms with van der Waals surface area (Å²) in [6.07, 6.45) is 0. The second-order valence-corrected chi connectivity index (χ2v) is 15.3. The fraction of sp³-hybridized carbons (Fsp3) is 0.0625. The number of hydrogen-bond acceptors (Lipinski definition) is 5. The Morgan fingerprint density at radius 2 is 1.31 bits per heavy atom. The maximum atomic E-state index is 9.82. The van der Waals surface area contributed by atoms with Crippen molar-refractivity contribution in [3.8, 4) is 39.9 Å². The van der Waals surface area contributed by atoms with Gasteiger partial charge in [-0.05, 0) is 70.7 Å². The quantitative estimate of drug-likeness (QED) is 0.181. The second-order valence-electron chi connectivity index (χ2n) is 13.2. The van der Waals surface area contributed by atoms with Crippen LogP contribution in [0.25, 0.3) is 102 Å². The standard InChI is InChI=1S/C48H30N4S2/c1-48(2)36-18-7-3-12-28(36)31-23-24-38-42(43(31)48)33-15-4-8-19-37(33)52(38)47-50-45(27-22-25-41-35(26-27)30-14-6-9-20-39(30)53-41)49-46(51-47)34-17-11-16-32-29-13-5-10-21-40(29)54-44(32)34/h3-26H,1-2H3/i1D3,2D3,3D,4D,7D,8D,12D,15D,18D,19D,23D,24D. The first-order valence-corrected chi connectivity index (χ1v) is 18.6. The Morgan fingerprint density at radius 1 is 0.574 bits per heavy atom. The molecule has 0 saturated carbocycles. The Kier molecular flexibility index (Phi) is 3.78. The average molecular weight is 743 g/mol. The van der Waals surface area contributed by atoms with E-state index < -0.39 is 118 Å². The molecule has 0 spiro atoms. The summed E-state index contributed by atoms with van der Waals surface area (Å²) < 4.78 is 151. The van der Waals surface area contributed by atoms with Gasteiger partial charge in [-0.3, -0.25) is 4.57 Å². The maximum Gasteiger partial charge on any atom is 0.238 e. The molecule has 0 unspecified atom stereocenters. The van der Waals surface area contributed by atoms with E-state index in [1.165, 1.54) is 11.3 Å². The van der Waals surface area contributed by atoms with Crippen LogP contribution in [0.5, 0.6) is 0 Å². The van der Waals surface area contributed by atoms with Crippen molar-refractivity contribution < 1.29 is 21.9 Å². The molecule has 0 radical (unpaired) electrons. The molecule has 0 N–H and O–H groups in total. The lowest BCUT2D eigenvalue weighted by atomic mass is 9.80. The van der Waals surface area contributed by atoms with Crippen molar-refractivity contribution in [1.29, 1.82) is 0 Å². The molecule has 4 aromatic heterocycles. The normalized spacial score (nSPS) is 18.2. The van der Waals surface area contributed by atoms with Gasteiger partial charge in [0, 0.05) is 75.9 Å². The van der Waals surface area contributed by atoms with E-state index in [2.05, 4.69) is 0 Å². The van der Waals surface area contributed by atoms with Crippen molar-refractivity contribution in [3.63, 3.8) is 0 Å². The van der Waals surface area contributed by atoms with Crippen LogP contribution in [0.3, 0.4) is 0 Å². The predicted octanol–water partition coefficient (Wildman–Crippen LogP) is 13.3. The molecule has 0 saturated heterocycles. The molecule has 254 valence electrons. The van der Waals surface area contributed by atoms with Gasteiger partial charge in [0.25, 0.3) is 0 Å². The van der Waals surface area contributed by atoms with Gasteiger partial charge in [0.1, 0.15) is 0 Å². The maximum absolute atomic E-state index is 9.82. The van der Waals surface area contributed by atoms with Gasteiger partial charge in [-0.2, -0.15) is 9.97 Å². The summed E-state index contributed by atoms with van der Waals surface area (Å²) in [5.41, 5.74) is -5.85. The van der Waals surface area contributed by atoms with Gasteiger partial charge in [-0.1, -0.05) is 111 Å². The minimum absolute atomic E-state index is 0.0975. The lowest BCUT2D eigenvalue weighted by molar-refractivity contribution is 0.666. The molecule has 0 aliphatic heterocycles. The minimum Gasteiger partial charge on any atom is -0.278 e. The largest absolute Gasteiger partial charge is 0.278 e. The average Bonchev–Trinajstić information content (AvgIpc) is 4.09. The molecule has 1 aliphatic rings. The van der Waals surface area contributed by atoms with Crippen molar-refractivity contribution in [3.05, 3.63) is 156 Å². The van der Waals surface area contributed by atoms with Gasteiger partial charge in [0.2, 0.25) is 5.95 Å². The van der Waals surface area contributed by atoms with Crippen LogP contribution < -0.4 is 0 Å². The summed E-state index contributed by atoms with van der Waals surface area (Å²) in [6, 6.07) is 19.0. The number of fused-ring (bicyclic) bond motifs is 13. The third-order valence-corrected chi connectivity index (χ3v) is 12.6. The fourth-order valence-corrected chi connectivity index (χ4v) is 10.1. The van der Waals surface area contributed by atoms with Crippen molar-refractivity contribution >= 4 is 84.8 Å². The molecule has 4 nitrogen and oxygen atoms in total. The van der Waals surface area contributed by atoms with Gasteiger partial charge >= 0.3 is 0 Å². The van der Waals surface area contributed by atoms with E-state index in [1.54, 1.807) is 11.3 Å². The Hall–Kier alpha value is -6.21. The summed E-state index contributed by atoms with van der Waals surface area (Å²) in [7, 11) is 0. The number of rotatable bonds is 3. The van der Waals surface area contributed by atoms with Gasteiger partial charge in [-0.15, -0.1) is 22.7 Å². The molecule has 11 aromatic rings. The smallest absolute Gasteiger partial charge is 0.238 e. The zero-order chi connectivity index (χ0) is 49.4. The van der Waals surface area contributed by atoms with E-state index in [-0.39, 0.29) is 23.1 Å². The molecule has 0 bridgehead atoms. The molecule has 0 fully saturated rings. The van der Waals surface area contributed by atoms with E-state index in [9.17, 15) is 5.48 Å². The number of thiophene rings is 2. The second kappa shape index (κ2) is 10.9. The molecule has 54 heavy (non-hydrogen) atoms. The zero-order valence-corrected chi connectivity index (χ0v) is 29.3. The molecule has 6 heteroatoms. The third kappa shape index (κ3) is 4.09. The van der Waals surface area contributed by atoms with Crippen LogP contribution in [0, 0.1) is 0 Å². The summed E-state index contributed by atoms with van der Waals surface area (Å²) in [6.45, 7) is -7.36. The lowest BCUT2D eigenvalue weighted by Crippen LogP contribution is -2.15. The van der Waals surface area contributed by atoms with E-state index >= 15 is 0 Å². The first kappa shape index (κ1) is 18.7. The number of para-hydroxylation sites is 1. The fourth-order valence-electron chi connectivity index (χ4n) is 7.84. The van der Waals surface area contributed by atoms with E-state index in [4.69, 9.17) is 31.4 Å². The Morgan fingerprint density at radius 3 is 2.20 bits per heavy atom. The first-order valence-electron chi connectivity index (χ1n) is 25.0. The number of benzene rings is 7. The van der Waals surface area contributed by atoms with Crippen LogP contribution in [0.4, 0.5) is 0 Å². The number of aromatic nitrogens is 4. The highest BCUT2D eigenvalue weighted by atomic mass is 32.1. The highest BCUT2D eigenvalue weighted by molar-refractivity contribution is 7.26. The van der Waals surface area contributed by atoms with E-state index in [0.29, 0.717) is 11.1 Å². The van der Waals surface area contributed by atoms with Crippen LogP contribution in [-0.4, -0.2) is 19.5 Å². The summed E-state index contributed by atoms with van der Waals surface area (Å²) >= 11 is 3.10. The molecule has 4 heterocycles. The van der Waals surface area contributed by atoms with Crippen molar-refractivity contribution in [2.45, 2.75) is 19.1 Å². The highest BCUT2D eigenvalue weighted by Crippen LogP contribution is 2.53. The number of hydrogen-bond donors (Lipinski definition) is 0. The highest BCUT2D eigenvalue weighted by Gasteiger charge is 2.38. The molecule has 7 aromatic carbocycles. The van der Waals surface area contributed by atoms with Crippen LogP contribution in [0.2, 0.25) is 0 Å². The van der Waals surface area contributed by atoms with Crippen LogP contribution in [0.15, 0.2) is 145 Å². The van der Waals surface area contributed by atoms with Gasteiger partial charge < -0.3 is 0 Å².